The van der Waals surface area contributed by atoms with Crippen LogP contribution in [-0.2, 0) is 14.4 Å². The molecular formula is C13H8O4. The van der Waals surface area contributed by atoms with E-state index in [1.165, 1.54) is 0 Å². The van der Waals surface area contributed by atoms with Crippen LogP contribution in [0, 0.1) is 0 Å². The number of carboxylic acid groups (broad SMARTS) is 1. The lowest BCUT2D eigenvalue weighted by Crippen LogP contribution is -2.19. The minimum Gasteiger partial charge on any atom is -0.478 e. The van der Waals surface area contributed by atoms with Crippen LogP contribution < -0.4 is 0 Å². The number of hydrogen-bond acceptors (Lipinski definition) is 3. The second-order valence-corrected chi connectivity index (χ2v) is 3.48. The Morgan fingerprint density at radius 2 is 1.53 bits per heavy atom. The van der Waals surface area contributed by atoms with Crippen LogP contribution in [-0.4, -0.2) is 22.6 Å². The van der Waals surface area contributed by atoms with E-state index in [9.17, 15) is 14.4 Å². The van der Waals surface area contributed by atoms with Gasteiger partial charge in [0.2, 0.25) is 0 Å². The first-order chi connectivity index (χ1) is 8.11. The van der Waals surface area contributed by atoms with Gasteiger partial charge >= 0.3 is 5.97 Å². The lowest BCUT2D eigenvalue weighted by molar-refractivity contribution is -0.134. The second-order valence-electron chi connectivity index (χ2n) is 3.48. The van der Waals surface area contributed by atoms with Gasteiger partial charge in [-0.2, -0.15) is 0 Å². The molecule has 0 radical (unpaired) electrons. The molecular weight excluding hydrogens is 220 g/mol. The maximum absolute atomic E-state index is 11.7. The fourth-order valence-corrected chi connectivity index (χ4v) is 1.67. The van der Waals surface area contributed by atoms with Crippen molar-refractivity contribution in [3.05, 3.63) is 53.6 Å². The van der Waals surface area contributed by atoms with Crippen molar-refractivity contribution in [1.29, 1.82) is 0 Å². The quantitative estimate of drug-likeness (QED) is 0.610. The molecule has 1 N–H and O–H groups in total. The molecule has 0 spiro atoms. The molecule has 1 aliphatic carbocycles. The predicted octanol–water partition coefficient (Wildman–Crippen LogP) is 1.23. The highest BCUT2D eigenvalue weighted by Crippen LogP contribution is 2.24. The molecule has 1 aromatic carbocycles. The molecule has 0 bridgehead atoms. The van der Waals surface area contributed by atoms with Gasteiger partial charge in [0, 0.05) is 5.57 Å². The minimum absolute atomic E-state index is 0.0504. The molecule has 1 aliphatic rings. The number of carboxylic acids is 1. The lowest BCUT2D eigenvalue weighted by atomic mass is 9.90. The van der Waals surface area contributed by atoms with Crippen LogP contribution in [0.4, 0.5) is 0 Å². The molecule has 1 aromatic rings. The summed E-state index contributed by atoms with van der Waals surface area (Å²) in [4.78, 5) is 34.2. The Morgan fingerprint density at radius 3 is 2.12 bits per heavy atom. The molecule has 0 aromatic heterocycles. The number of hydrogen-bond donors (Lipinski definition) is 1. The Morgan fingerprint density at radius 1 is 0.941 bits per heavy atom. The van der Waals surface area contributed by atoms with Gasteiger partial charge in [-0.3, -0.25) is 9.59 Å². The summed E-state index contributed by atoms with van der Waals surface area (Å²) in [6.07, 6.45) is 2.08. The van der Waals surface area contributed by atoms with Crippen molar-refractivity contribution in [3.8, 4) is 0 Å². The van der Waals surface area contributed by atoms with E-state index in [1.54, 1.807) is 30.3 Å². The summed E-state index contributed by atoms with van der Waals surface area (Å²) in [6.45, 7) is 0. The van der Waals surface area contributed by atoms with Crippen molar-refractivity contribution in [1.82, 2.24) is 0 Å². The van der Waals surface area contributed by atoms with E-state index in [-0.39, 0.29) is 5.57 Å². The first-order valence-electron chi connectivity index (χ1n) is 4.91. The zero-order valence-corrected chi connectivity index (χ0v) is 8.71. The first-order valence-corrected chi connectivity index (χ1v) is 4.91. The van der Waals surface area contributed by atoms with E-state index >= 15 is 0 Å². The van der Waals surface area contributed by atoms with E-state index in [4.69, 9.17) is 5.11 Å². The van der Waals surface area contributed by atoms with Gasteiger partial charge in [0.25, 0.3) is 0 Å². The maximum atomic E-state index is 11.7. The second kappa shape index (κ2) is 4.17. The Hall–Kier alpha value is -2.49. The van der Waals surface area contributed by atoms with Crippen LogP contribution in [0.2, 0.25) is 0 Å². The summed E-state index contributed by atoms with van der Waals surface area (Å²) in [7, 11) is 0. The predicted molar refractivity (Wildman–Crippen MR) is 60.2 cm³/mol. The van der Waals surface area contributed by atoms with Gasteiger partial charge in [0.15, 0.2) is 11.6 Å². The summed E-state index contributed by atoms with van der Waals surface area (Å²) in [5.41, 5.74) is -0.0816. The van der Waals surface area contributed by atoms with Gasteiger partial charge in [-0.05, 0) is 17.7 Å². The number of ketones is 2. The molecule has 0 fully saturated rings. The number of aliphatic carboxylic acids is 1. The third-order valence-electron chi connectivity index (χ3n) is 2.41. The maximum Gasteiger partial charge on any atom is 0.340 e. The van der Waals surface area contributed by atoms with E-state index in [0.29, 0.717) is 5.56 Å². The summed E-state index contributed by atoms with van der Waals surface area (Å²) in [5, 5.41) is 8.99. The molecule has 0 saturated heterocycles. The molecule has 0 amide bonds. The Balaban J connectivity index is 2.68. The number of carbonyl (C=O) groups excluding carboxylic acids is 2. The number of rotatable bonds is 2. The van der Waals surface area contributed by atoms with Crippen LogP contribution in [0.3, 0.4) is 0 Å². The molecule has 84 valence electrons. The normalized spacial score (nSPS) is 15.3. The fourth-order valence-electron chi connectivity index (χ4n) is 1.67. The summed E-state index contributed by atoms with van der Waals surface area (Å²) in [5.74, 6) is -2.50. The summed E-state index contributed by atoms with van der Waals surface area (Å²) in [6, 6.07) is 8.30. The summed E-state index contributed by atoms with van der Waals surface area (Å²) >= 11 is 0. The van der Waals surface area contributed by atoms with Crippen molar-refractivity contribution in [3.63, 3.8) is 0 Å². The van der Waals surface area contributed by atoms with Crippen molar-refractivity contribution in [2.45, 2.75) is 0 Å². The number of allylic oxidation sites excluding steroid dienone is 3. The van der Waals surface area contributed by atoms with Gasteiger partial charge < -0.3 is 5.11 Å². The number of carbonyl (C=O) groups is 3. The topological polar surface area (TPSA) is 71.4 Å². The van der Waals surface area contributed by atoms with Gasteiger partial charge in [-0.25, -0.2) is 4.79 Å². The smallest absolute Gasteiger partial charge is 0.340 e. The minimum atomic E-state index is -1.38. The highest BCUT2D eigenvalue weighted by Gasteiger charge is 2.28. The third-order valence-corrected chi connectivity index (χ3v) is 2.41. The Kier molecular flexibility index (Phi) is 2.70. The molecule has 0 saturated carbocycles. The van der Waals surface area contributed by atoms with Crippen LogP contribution in [0.5, 0.6) is 0 Å². The van der Waals surface area contributed by atoms with Crippen molar-refractivity contribution < 1.29 is 19.5 Å². The fraction of sp³-hybridized carbons (Fsp3) is 0. The van der Waals surface area contributed by atoms with Crippen LogP contribution in [0.1, 0.15) is 5.56 Å². The zero-order valence-electron chi connectivity index (χ0n) is 8.71. The molecule has 4 nitrogen and oxygen atoms in total. The van der Waals surface area contributed by atoms with Gasteiger partial charge in [-0.1, -0.05) is 30.3 Å². The van der Waals surface area contributed by atoms with Crippen LogP contribution in [0.25, 0.3) is 5.57 Å². The molecule has 2 rings (SSSR count). The van der Waals surface area contributed by atoms with Crippen molar-refractivity contribution in [2.75, 3.05) is 0 Å². The molecule has 0 aliphatic heterocycles. The molecule has 0 heterocycles. The largest absolute Gasteiger partial charge is 0.478 e. The van der Waals surface area contributed by atoms with E-state index < -0.39 is 23.1 Å². The zero-order chi connectivity index (χ0) is 12.4. The van der Waals surface area contributed by atoms with Crippen LogP contribution in [0.15, 0.2) is 48.1 Å². The molecule has 4 heteroatoms. The Labute approximate surface area is 96.9 Å². The Bertz CT molecular complexity index is 564. The number of benzene rings is 1. The first kappa shape index (κ1) is 11.0. The van der Waals surface area contributed by atoms with Gasteiger partial charge in [0.05, 0.1) is 0 Å². The highest BCUT2D eigenvalue weighted by atomic mass is 16.4. The SMILES string of the molecule is O=C(O)C1=C(c2ccccc2)C(=O)C=CC1=O. The third kappa shape index (κ3) is 1.92. The van der Waals surface area contributed by atoms with E-state index in [1.807, 2.05) is 0 Å². The lowest BCUT2D eigenvalue weighted by Gasteiger charge is -2.11. The molecule has 17 heavy (non-hydrogen) atoms. The van der Waals surface area contributed by atoms with Gasteiger partial charge in [0.1, 0.15) is 5.57 Å². The summed E-state index contributed by atoms with van der Waals surface area (Å²) < 4.78 is 0. The highest BCUT2D eigenvalue weighted by molar-refractivity contribution is 6.42. The molecule has 0 atom stereocenters. The molecule has 0 unspecified atom stereocenters. The average molecular weight is 228 g/mol. The van der Waals surface area contributed by atoms with Crippen molar-refractivity contribution >= 4 is 23.1 Å². The van der Waals surface area contributed by atoms with Crippen molar-refractivity contribution in [2.24, 2.45) is 0 Å². The standard InChI is InChI=1S/C13H8O4/c14-9-6-7-10(15)12(13(16)17)11(9)8-4-2-1-3-5-8/h1-7H,(H,16,17). The van der Waals surface area contributed by atoms with Crippen LogP contribution >= 0.6 is 0 Å². The van der Waals surface area contributed by atoms with Gasteiger partial charge in [-0.15, -0.1) is 0 Å². The average Bonchev–Trinajstić information content (AvgIpc) is 2.32. The van der Waals surface area contributed by atoms with E-state index in [2.05, 4.69) is 0 Å². The van der Waals surface area contributed by atoms with E-state index in [0.717, 1.165) is 12.2 Å². The monoisotopic (exact) mass is 228 g/mol.